The number of halogens is 4. The van der Waals surface area contributed by atoms with E-state index in [0.29, 0.717) is 24.0 Å². The molecule has 1 saturated heterocycles. The summed E-state index contributed by atoms with van der Waals surface area (Å²) >= 11 is 0. The number of benzene rings is 1. The highest BCUT2D eigenvalue weighted by Crippen LogP contribution is 2.31. The molecule has 0 spiro atoms. The standard InChI is InChI=1S/C23H23F4N5O2/c1-14-4-3-9-31(19(14)13-34-20-6-5-16(12-28-20)23(25,26)27)22(33)18-11-17(24)10-15(2)21(18)32-29-7-8-30-32/h5-8,10-12,14,19H,3-4,9,13H2,1-2H3. The Balaban J connectivity index is 1.59. The Labute approximate surface area is 193 Å². The van der Waals surface area contributed by atoms with Crippen molar-refractivity contribution in [1.29, 1.82) is 0 Å². The summed E-state index contributed by atoms with van der Waals surface area (Å²) in [5, 5.41) is 8.20. The van der Waals surface area contributed by atoms with Crippen molar-refractivity contribution in [1.82, 2.24) is 24.9 Å². The third-order valence-electron chi connectivity index (χ3n) is 5.96. The smallest absolute Gasteiger partial charge is 0.417 e. The fourth-order valence-electron chi connectivity index (χ4n) is 4.21. The van der Waals surface area contributed by atoms with Gasteiger partial charge in [-0.3, -0.25) is 4.79 Å². The van der Waals surface area contributed by atoms with E-state index in [2.05, 4.69) is 15.2 Å². The maximum atomic E-state index is 14.3. The van der Waals surface area contributed by atoms with Crippen LogP contribution in [0, 0.1) is 18.7 Å². The van der Waals surface area contributed by atoms with Crippen molar-refractivity contribution >= 4 is 5.91 Å². The molecule has 7 nitrogen and oxygen atoms in total. The molecule has 2 aromatic heterocycles. The summed E-state index contributed by atoms with van der Waals surface area (Å²) in [5.74, 6) is -0.867. The van der Waals surface area contributed by atoms with Crippen LogP contribution < -0.4 is 4.74 Å². The van der Waals surface area contributed by atoms with Gasteiger partial charge in [-0.05, 0) is 49.4 Å². The van der Waals surface area contributed by atoms with Crippen molar-refractivity contribution in [3.8, 4) is 11.6 Å². The summed E-state index contributed by atoms with van der Waals surface area (Å²) in [5.41, 5.74) is 0.148. The quantitative estimate of drug-likeness (QED) is 0.508. The first-order valence-electron chi connectivity index (χ1n) is 10.8. The van der Waals surface area contributed by atoms with E-state index in [-0.39, 0.29) is 30.0 Å². The highest BCUT2D eigenvalue weighted by Gasteiger charge is 2.35. The summed E-state index contributed by atoms with van der Waals surface area (Å²) in [7, 11) is 0. The number of carbonyl (C=O) groups excluding carboxylic acids is 1. The lowest BCUT2D eigenvalue weighted by Crippen LogP contribution is -2.51. The van der Waals surface area contributed by atoms with Crippen molar-refractivity contribution in [2.75, 3.05) is 13.2 Å². The molecule has 1 amide bonds. The molecule has 180 valence electrons. The van der Waals surface area contributed by atoms with Crippen molar-refractivity contribution in [3.05, 3.63) is 65.4 Å². The van der Waals surface area contributed by atoms with Gasteiger partial charge < -0.3 is 9.64 Å². The van der Waals surface area contributed by atoms with Crippen LogP contribution in [0.4, 0.5) is 17.6 Å². The summed E-state index contributed by atoms with van der Waals surface area (Å²) in [6.45, 7) is 4.11. The number of carbonyl (C=O) groups is 1. The number of nitrogens with zero attached hydrogens (tertiary/aromatic N) is 5. The van der Waals surface area contributed by atoms with Crippen molar-refractivity contribution in [2.45, 2.75) is 38.9 Å². The number of ether oxygens (including phenoxy) is 1. The van der Waals surface area contributed by atoms with Crippen LogP contribution in [0.25, 0.3) is 5.69 Å². The maximum absolute atomic E-state index is 14.3. The Morgan fingerprint density at radius 2 is 1.94 bits per heavy atom. The third kappa shape index (κ3) is 4.87. The average Bonchev–Trinajstić information content (AvgIpc) is 3.31. The molecule has 1 aliphatic heterocycles. The number of rotatable bonds is 5. The van der Waals surface area contributed by atoms with Crippen LogP contribution in [0.3, 0.4) is 0 Å². The number of hydrogen-bond acceptors (Lipinski definition) is 5. The average molecular weight is 477 g/mol. The summed E-state index contributed by atoms with van der Waals surface area (Å²) < 4.78 is 58.3. The molecule has 4 rings (SSSR count). The zero-order valence-corrected chi connectivity index (χ0v) is 18.6. The van der Waals surface area contributed by atoms with Gasteiger partial charge in [-0.2, -0.15) is 28.2 Å². The Bertz CT molecular complexity index is 1150. The molecule has 0 radical (unpaired) electrons. The molecule has 3 aromatic rings. The molecule has 1 aromatic carbocycles. The number of pyridine rings is 1. The summed E-state index contributed by atoms with van der Waals surface area (Å²) in [6, 6.07) is 4.15. The van der Waals surface area contributed by atoms with Gasteiger partial charge in [-0.1, -0.05) is 6.92 Å². The van der Waals surface area contributed by atoms with Crippen LogP contribution in [-0.2, 0) is 6.18 Å². The minimum atomic E-state index is -4.49. The molecule has 0 saturated carbocycles. The molecule has 0 aliphatic carbocycles. The fourth-order valence-corrected chi connectivity index (χ4v) is 4.21. The molecule has 34 heavy (non-hydrogen) atoms. The second-order valence-electron chi connectivity index (χ2n) is 8.32. The number of amides is 1. The van der Waals surface area contributed by atoms with Crippen molar-refractivity contribution in [3.63, 3.8) is 0 Å². The number of hydrogen-bond donors (Lipinski definition) is 0. The topological polar surface area (TPSA) is 73.1 Å². The van der Waals surface area contributed by atoms with Crippen LogP contribution in [0.1, 0.15) is 41.3 Å². The minimum Gasteiger partial charge on any atom is -0.475 e. The lowest BCUT2D eigenvalue weighted by molar-refractivity contribution is -0.137. The molecule has 3 heterocycles. The second-order valence-corrected chi connectivity index (χ2v) is 8.32. The largest absolute Gasteiger partial charge is 0.475 e. The van der Waals surface area contributed by atoms with E-state index in [1.165, 1.54) is 29.3 Å². The molecule has 1 fully saturated rings. The third-order valence-corrected chi connectivity index (χ3v) is 5.96. The molecule has 2 unspecified atom stereocenters. The SMILES string of the molecule is Cc1cc(F)cc(C(=O)N2CCCC(C)C2COc2ccc(C(F)(F)F)cn2)c1-n1nccn1. The molecular weight excluding hydrogens is 454 g/mol. The number of likely N-dealkylation sites (tertiary alicyclic amines) is 1. The van der Waals surface area contributed by atoms with Gasteiger partial charge in [0, 0.05) is 18.8 Å². The molecule has 2 atom stereocenters. The summed E-state index contributed by atoms with van der Waals surface area (Å²) in [4.78, 5) is 20.3. The van der Waals surface area contributed by atoms with E-state index < -0.39 is 23.5 Å². The van der Waals surface area contributed by atoms with E-state index in [4.69, 9.17) is 4.74 Å². The number of aromatic nitrogens is 4. The lowest BCUT2D eigenvalue weighted by atomic mass is 9.90. The van der Waals surface area contributed by atoms with Gasteiger partial charge in [0.05, 0.1) is 29.6 Å². The van der Waals surface area contributed by atoms with Gasteiger partial charge in [-0.15, -0.1) is 0 Å². The van der Waals surface area contributed by atoms with Crippen LogP contribution in [0.2, 0.25) is 0 Å². The van der Waals surface area contributed by atoms with Gasteiger partial charge in [0.15, 0.2) is 0 Å². The molecule has 1 aliphatic rings. The van der Waals surface area contributed by atoms with E-state index in [0.717, 1.165) is 25.0 Å². The first kappa shape index (κ1) is 23.7. The van der Waals surface area contributed by atoms with Gasteiger partial charge in [0.25, 0.3) is 5.91 Å². The molecule has 0 N–H and O–H groups in total. The predicted octanol–water partition coefficient (Wildman–Crippen LogP) is 4.45. The van der Waals surface area contributed by atoms with Crippen LogP contribution in [0.5, 0.6) is 5.88 Å². The number of alkyl halides is 3. The van der Waals surface area contributed by atoms with E-state index >= 15 is 0 Å². The Morgan fingerprint density at radius 3 is 2.59 bits per heavy atom. The fraction of sp³-hybridized carbons (Fsp3) is 0.391. The maximum Gasteiger partial charge on any atom is 0.417 e. The van der Waals surface area contributed by atoms with Gasteiger partial charge in [0.1, 0.15) is 18.1 Å². The second kappa shape index (κ2) is 9.40. The van der Waals surface area contributed by atoms with E-state index in [1.807, 2.05) is 6.92 Å². The highest BCUT2D eigenvalue weighted by molar-refractivity contribution is 5.98. The first-order chi connectivity index (χ1) is 16.1. The molecular formula is C23H23F4N5O2. The van der Waals surface area contributed by atoms with Gasteiger partial charge in [0.2, 0.25) is 5.88 Å². The normalized spacial score (nSPS) is 18.7. The monoisotopic (exact) mass is 477 g/mol. The Morgan fingerprint density at radius 1 is 1.21 bits per heavy atom. The summed E-state index contributed by atoms with van der Waals surface area (Å²) in [6.07, 6.45) is 0.749. The molecule has 11 heteroatoms. The van der Waals surface area contributed by atoms with Gasteiger partial charge >= 0.3 is 6.18 Å². The van der Waals surface area contributed by atoms with E-state index in [9.17, 15) is 22.4 Å². The zero-order chi connectivity index (χ0) is 24.5. The number of piperidine rings is 1. The van der Waals surface area contributed by atoms with Crippen LogP contribution in [0.15, 0.2) is 42.9 Å². The predicted molar refractivity (Wildman–Crippen MR) is 114 cm³/mol. The number of aryl methyl sites for hydroxylation is 1. The van der Waals surface area contributed by atoms with E-state index in [1.54, 1.807) is 11.8 Å². The van der Waals surface area contributed by atoms with Crippen molar-refractivity contribution in [2.24, 2.45) is 5.92 Å². The zero-order valence-electron chi connectivity index (χ0n) is 18.6. The lowest BCUT2D eigenvalue weighted by Gasteiger charge is -2.40. The van der Waals surface area contributed by atoms with Crippen LogP contribution >= 0.6 is 0 Å². The van der Waals surface area contributed by atoms with Crippen molar-refractivity contribution < 1.29 is 27.1 Å². The Kier molecular flexibility index (Phi) is 6.54. The first-order valence-corrected chi connectivity index (χ1v) is 10.8. The van der Waals surface area contributed by atoms with Gasteiger partial charge in [-0.25, -0.2) is 9.37 Å². The minimum absolute atomic E-state index is 0.0289. The van der Waals surface area contributed by atoms with Crippen LogP contribution in [-0.4, -0.2) is 50.0 Å². The highest BCUT2D eigenvalue weighted by atomic mass is 19.4. The molecule has 0 bridgehead atoms. The Hall–Kier alpha value is -3.50.